The van der Waals surface area contributed by atoms with Crippen LogP contribution in [0.4, 0.5) is 0 Å². The maximum absolute atomic E-state index is 7.34. The van der Waals surface area contributed by atoms with Crippen LogP contribution in [0.15, 0.2) is 42.6 Å². The summed E-state index contributed by atoms with van der Waals surface area (Å²) in [6.07, 6.45) is 1.44. The molecule has 0 unspecified atom stereocenters. The topological polar surface area (TPSA) is 12.9 Å². The van der Waals surface area contributed by atoms with E-state index in [0.717, 1.165) is 11.3 Å². The number of hydrogen-bond acceptors (Lipinski definition) is 1. The van der Waals surface area contributed by atoms with Crippen LogP contribution in [0.2, 0.25) is 17.3 Å². The summed E-state index contributed by atoms with van der Waals surface area (Å²) in [5.74, 6) is 7.08. The molecule has 0 aliphatic rings. The van der Waals surface area contributed by atoms with Crippen molar-refractivity contribution in [1.82, 2.24) is 4.98 Å². The number of nitrogens with zero attached hydrogens (tertiary/aromatic N) is 1. The predicted molar refractivity (Wildman–Crippen MR) is 77.4 cm³/mol. The third kappa shape index (κ3) is 2.97. The number of hydrogen-bond donors (Lipinski definition) is 0. The quantitative estimate of drug-likeness (QED) is 0.770. The van der Waals surface area contributed by atoms with Crippen molar-refractivity contribution in [3.8, 4) is 11.3 Å². The van der Waals surface area contributed by atoms with Gasteiger partial charge in [-0.05, 0) is 0 Å². The van der Waals surface area contributed by atoms with E-state index in [1.54, 1.807) is 12.1 Å². The molecule has 0 saturated heterocycles. The van der Waals surface area contributed by atoms with Gasteiger partial charge < -0.3 is 0 Å². The van der Waals surface area contributed by atoms with Gasteiger partial charge in [0, 0.05) is 0 Å². The molecule has 0 spiro atoms. The Morgan fingerprint density at radius 3 is 2.18 bits per heavy atom. The number of aryl methyl sites for hydroxylation is 1. The molecule has 0 atom stereocenters. The second kappa shape index (κ2) is 4.65. The van der Waals surface area contributed by atoms with Crippen LogP contribution in [0.3, 0.4) is 0 Å². The summed E-state index contributed by atoms with van der Waals surface area (Å²) in [4.78, 5) is 4.26. The molecular weight excluding hydrogens is 267 g/mol. The van der Waals surface area contributed by atoms with Crippen molar-refractivity contribution in [2.75, 3.05) is 0 Å². The van der Waals surface area contributed by atoms with Gasteiger partial charge in [-0.2, -0.15) is 0 Å². The van der Waals surface area contributed by atoms with Gasteiger partial charge in [0.05, 0.1) is 0 Å². The molecule has 0 amide bonds. The molecule has 0 aliphatic carbocycles. The van der Waals surface area contributed by atoms with E-state index in [4.69, 9.17) is 4.11 Å². The maximum atomic E-state index is 7.34. The number of pyridine rings is 1. The number of benzene rings is 1. The average molecular weight is 289 g/mol. The van der Waals surface area contributed by atoms with Gasteiger partial charge in [0.2, 0.25) is 0 Å². The van der Waals surface area contributed by atoms with Crippen LogP contribution < -0.4 is 4.40 Å². The number of rotatable bonds is 2. The summed E-state index contributed by atoms with van der Waals surface area (Å²) < 4.78 is 23.5. The van der Waals surface area contributed by atoms with Gasteiger partial charge in [-0.3, -0.25) is 0 Å². The van der Waals surface area contributed by atoms with E-state index in [1.165, 1.54) is 10.6 Å². The first-order valence-corrected chi connectivity index (χ1v) is 13.1. The van der Waals surface area contributed by atoms with Gasteiger partial charge in [-0.25, -0.2) is 0 Å². The molecule has 1 aromatic heterocycles. The first-order chi connectivity index (χ1) is 9.18. The van der Waals surface area contributed by atoms with Crippen molar-refractivity contribution in [2.45, 2.75) is 24.1 Å². The van der Waals surface area contributed by atoms with Gasteiger partial charge in [0.15, 0.2) is 0 Å². The second-order valence-electron chi connectivity index (χ2n) is 5.26. The molecule has 17 heavy (non-hydrogen) atoms. The molecule has 2 rings (SSSR count). The Labute approximate surface area is 110 Å². The summed E-state index contributed by atoms with van der Waals surface area (Å²) >= 11 is -1.78. The van der Waals surface area contributed by atoms with E-state index in [0.29, 0.717) is 0 Å². The molecule has 0 aliphatic heterocycles. The van der Waals surface area contributed by atoms with Crippen molar-refractivity contribution < 1.29 is 4.11 Å². The van der Waals surface area contributed by atoms with E-state index in [9.17, 15) is 0 Å². The molecule has 0 bridgehead atoms. The normalized spacial score (nSPS) is 14.9. The number of aromatic nitrogens is 1. The molecule has 0 radical (unpaired) electrons. The van der Waals surface area contributed by atoms with Crippen molar-refractivity contribution in [2.24, 2.45) is 0 Å². The van der Waals surface area contributed by atoms with E-state index in [2.05, 4.69) is 46.5 Å². The van der Waals surface area contributed by atoms with Gasteiger partial charge in [-0.15, -0.1) is 0 Å². The van der Waals surface area contributed by atoms with Gasteiger partial charge in [0.25, 0.3) is 0 Å². The summed E-state index contributed by atoms with van der Waals surface area (Å²) in [5.41, 5.74) is 2.12. The van der Waals surface area contributed by atoms with Crippen molar-refractivity contribution in [3.05, 3.63) is 48.2 Å². The average Bonchev–Trinajstić information content (AvgIpc) is 2.37. The van der Waals surface area contributed by atoms with Crippen LogP contribution in [0.1, 0.15) is 9.68 Å². The molecule has 2 aromatic rings. The Balaban J connectivity index is 2.29. The fourth-order valence-corrected chi connectivity index (χ4v) is 4.15. The Kier molecular flexibility index (Phi) is 2.44. The third-order valence-electron chi connectivity index (χ3n) is 2.81. The van der Waals surface area contributed by atoms with E-state index in [1.807, 2.05) is 0 Å². The zero-order valence-electron chi connectivity index (χ0n) is 13.5. The summed E-state index contributed by atoms with van der Waals surface area (Å²) in [6.45, 7) is -2.09. The first-order valence-electron chi connectivity index (χ1n) is 7.25. The SMILES string of the molecule is [2H]C([2H])([2H])c1ccc(-c2cc[c]([Ge]([CH3])([CH3])[CH3])cc2)nc1. The molecule has 1 aromatic carbocycles. The molecule has 1 nitrogen and oxygen atoms in total. The molecule has 1 heterocycles. The van der Waals surface area contributed by atoms with Crippen molar-refractivity contribution in [3.63, 3.8) is 0 Å². The van der Waals surface area contributed by atoms with Crippen LogP contribution in [-0.2, 0) is 0 Å². The summed E-state index contributed by atoms with van der Waals surface area (Å²) in [6, 6.07) is 11.9. The molecule has 2 heteroatoms. The molecule has 0 N–H and O–H groups in total. The van der Waals surface area contributed by atoms with E-state index < -0.39 is 20.1 Å². The minimum atomic E-state index is -2.09. The Morgan fingerprint density at radius 1 is 1.00 bits per heavy atom. The molecular formula is C15H19GeN. The predicted octanol–water partition coefficient (Wildman–Crippen LogP) is 3.60. The fourth-order valence-electron chi connectivity index (χ4n) is 1.71. The van der Waals surface area contributed by atoms with E-state index in [-0.39, 0.29) is 5.56 Å². The van der Waals surface area contributed by atoms with Crippen LogP contribution >= 0.6 is 0 Å². The van der Waals surface area contributed by atoms with Crippen LogP contribution in [0.5, 0.6) is 0 Å². The van der Waals surface area contributed by atoms with Gasteiger partial charge in [-0.1, -0.05) is 0 Å². The van der Waals surface area contributed by atoms with Gasteiger partial charge >= 0.3 is 110 Å². The zero-order valence-corrected chi connectivity index (χ0v) is 12.6. The van der Waals surface area contributed by atoms with Crippen molar-refractivity contribution in [1.29, 1.82) is 0 Å². The van der Waals surface area contributed by atoms with E-state index >= 15 is 0 Å². The van der Waals surface area contributed by atoms with Gasteiger partial charge in [0.1, 0.15) is 0 Å². The van der Waals surface area contributed by atoms with Crippen LogP contribution in [0.25, 0.3) is 11.3 Å². The van der Waals surface area contributed by atoms with Crippen LogP contribution in [0, 0.1) is 6.85 Å². The Hall–Kier alpha value is -1.09. The minimum absolute atomic E-state index is 0.280. The molecule has 0 fully saturated rings. The summed E-state index contributed by atoms with van der Waals surface area (Å²) in [5, 5.41) is 0. The standard InChI is InChI=1S/C15H19GeN/c1-12-5-10-15(17-11-12)13-6-8-14(9-7-13)16(2,3)4/h5-11H,1-4H3/i1D3. The van der Waals surface area contributed by atoms with Crippen LogP contribution in [-0.4, -0.2) is 18.3 Å². The molecule has 0 saturated carbocycles. The zero-order chi connectivity index (χ0) is 15.0. The second-order valence-corrected chi connectivity index (χ2v) is 15.9. The summed E-state index contributed by atoms with van der Waals surface area (Å²) in [7, 11) is 0. The van der Waals surface area contributed by atoms with Crippen molar-refractivity contribution >= 4 is 17.7 Å². The Morgan fingerprint density at radius 2 is 1.71 bits per heavy atom. The fraction of sp³-hybridized carbons (Fsp3) is 0.267. The molecule has 88 valence electrons. The monoisotopic (exact) mass is 290 g/mol. The first kappa shape index (κ1) is 8.92. The third-order valence-corrected chi connectivity index (χ3v) is 7.14. The Bertz CT molecular complexity index is 525.